The molecule has 0 heterocycles. The van der Waals surface area contributed by atoms with Crippen molar-refractivity contribution in [2.45, 2.75) is 12.8 Å². The number of rotatable bonds is 5. The molecule has 0 aliphatic rings. The molecule has 0 unspecified atom stereocenters. The quantitative estimate of drug-likeness (QED) is 0.851. The van der Waals surface area contributed by atoms with E-state index in [0.717, 1.165) is 5.56 Å². The molecule has 0 aliphatic carbocycles. The van der Waals surface area contributed by atoms with Gasteiger partial charge in [-0.05, 0) is 23.8 Å². The maximum atomic E-state index is 11.1. The van der Waals surface area contributed by atoms with Crippen LogP contribution < -0.4 is 5.32 Å². The van der Waals surface area contributed by atoms with Crippen molar-refractivity contribution in [1.82, 2.24) is 5.32 Å². The van der Waals surface area contributed by atoms with Gasteiger partial charge in [-0.25, -0.2) is 0 Å². The van der Waals surface area contributed by atoms with Crippen LogP contribution in [0.25, 0.3) is 0 Å². The summed E-state index contributed by atoms with van der Waals surface area (Å²) in [6.07, 6.45) is 0.341. The third kappa shape index (κ3) is 5.46. The normalized spacial score (nSPS) is 9.61. The van der Waals surface area contributed by atoms with E-state index in [-0.39, 0.29) is 18.9 Å². The molecule has 6 heteroatoms. The summed E-state index contributed by atoms with van der Waals surface area (Å²) in [5.41, 5.74) is 0.895. The summed E-state index contributed by atoms with van der Waals surface area (Å²) in [6.45, 7) is 0.264. The number of halogens is 2. The van der Waals surface area contributed by atoms with Gasteiger partial charge in [-0.1, -0.05) is 35.4 Å². The van der Waals surface area contributed by atoms with Crippen molar-refractivity contribution < 1.29 is 4.79 Å². The Morgan fingerprint density at radius 1 is 1.33 bits per heavy atom. The number of hydrogen-bond acceptors (Lipinski definition) is 3. The van der Waals surface area contributed by atoms with Crippen LogP contribution in [0.1, 0.15) is 12.0 Å². The maximum absolute atomic E-state index is 11.1. The number of nitrogens with zero attached hydrogens (tertiary/aromatic N) is 1. The first-order chi connectivity index (χ1) is 8.51. The highest BCUT2D eigenvalue weighted by Crippen LogP contribution is 2.19. The van der Waals surface area contributed by atoms with E-state index in [2.05, 4.69) is 5.32 Å². The molecule has 0 bridgehead atoms. The smallest absolute Gasteiger partial charge is 0.234 e. The van der Waals surface area contributed by atoms with Crippen LogP contribution in [-0.2, 0) is 11.2 Å². The van der Waals surface area contributed by atoms with Gasteiger partial charge in [0.2, 0.25) is 5.91 Å². The lowest BCUT2D eigenvalue weighted by molar-refractivity contribution is -0.119. The lowest BCUT2D eigenvalue weighted by Gasteiger charge is -2.06. The third-order valence-corrected chi connectivity index (χ3v) is 2.77. The van der Waals surface area contributed by atoms with Crippen molar-refractivity contribution in [2.24, 2.45) is 0 Å². The molecule has 94 valence electrons. The largest absolute Gasteiger partial charge is 0.351 e. The molecule has 0 aliphatic heterocycles. The number of hydrogen-bond donors (Lipinski definition) is 1. The van der Waals surface area contributed by atoms with Gasteiger partial charge >= 0.3 is 0 Å². The van der Waals surface area contributed by atoms with Crippen LogP contribution in [0.4, 0.5) is 0 Å². The molecule has 1 N–H and O–H groups in total. The van der Waals surface area contributed by atoms with Gasteiger partial charge in [0.15, 0.2) is 0 Å². The average molecular weight is 301 g/mol. The molecule has 1 rings (SSSR count). The number of nitrogens with one attached hydrogen (secondary N) is 1. The second-order valence-corrected chi connectivity index (χ2v) is 5.05. The summed E-state index contributed by atoms with van der Waals surface area (Å²) in [6, 6.07) is 6.96. The van der Waals surface area contributed by atoms with Gasteiger partial charge in [0.1, 0.15) is 6.42 Å². The lowest BCUT2D eigenvalue weighted by atomic mass is 10.1. The van der Waals surface area contributed by atoms with Gasteiger partial charge in [-0.15, -0.1) is 0 Å². The van der Waals surface area contributed by atoms with E-state index in [4.69, 9.17) is 40.7 Å². The zero-order valence-corrected chi connectivity index (χ0v) is 11.7. The second-order valence-electron chi connectivity index (χ2n) is 3.60. The Balaban J connectivity index is 2.50. The van der Waals surface area contributed by atoms with Crippen molar-refractivity contribution in [1.29, 1.82) is 5.26 Å². The maximum Gasteiger partial charge on any atom is 0.234 e. The molecule has 1 aromatic rings. The van der Waals surface area contributed by atoms with Crippen LogP contribution in [0.2, 0.25) is 10.0 Å². The fourth-order valence-corrected chi connectivity index (χ4v) is 2.14. The van der Waals surface area contributed by atoms with E-state index in [1.54, 1.807) is 24.3 Å². The Bertz CT molecular complexity index is 491. The molecule has 0 radical (unpaired) electrons. The second kappa shape index (κ2) is 7.32. The Labute approximate surface area is 121 Å². The van der Waals surface area contributed by atoms with E-state index < -0.39 is 0 Å². The van der Waals surface area contributed by atoms with Crippen molar-refractivity contribution >= 4 is 46.2 Å². The predicted octanol–water partition coefficient (Wildman–Crippen LogP) is 2.94. The summed E-state index contributed by atoms with van der Waals surface area (Å²) in [5.74, 6) is -0.330. The summed E-state index contributed by atoms with van der Waals surface area (Å²) >= 11 is 16.9. The highest BCUT2D eigenvalue weighted by Gasteiger charge is 2.05. The minimum atomic E-state index is -0.330. The fourth-order valence-electron chi connectivity index (χ4n) is 1.33. The van der Waals surface area contributed by atoms with Crippen LogP contribution in [0.15, 0.2) is 18.2 Å². The van der Waals surface area contributed by atoms with Gasteiger partial charge in [0.25, 0.3) is 0 Å². The molecule has 1 amide bonds. The molecule has 18 heavy (non-hydrogen) atoms. The average Bonchev–Trinajstić information content (AvgIpc) is 2.25. The minimum absolute atomic E-state index is 0.161. The van der Waals surface area contributed by atoms with Gasteiger partial charge in [0.05, 0.1) is 6.07 Å². The Morgan fingerprint density at radius 2 is 1.94 bits per heavy atom. The number of thiocarbonyl (C=S) groups is 1. The third-order valence-electron chi connectivity index (χ3n) is 2.05. The van der Waals surface area contributed by atoms with Gasteiger partial charge in [0, 0.05) is 27.9 Å². The van der Waals surface area contributed by atoms with Crippen molar-refractivity contribution in [3.8, 4) is 6.07 Å². The van der Waals surface area contributed by atoms with E-state index in [1.165, 1.54) is 0 Å². The van der Waals surface area contributed by atoms with Crippen LogP contribution in [0.3, 0.4) is 0 Å². The van der Waals surface area contributed by atoms with E-state index in [1.807, 2.05) is 0 Å². The lowest BCUT2D eigenvalue weighted by Crippen LogP contribution is -2.28. The molecule has 0 saturated heterocycles. The monoisotopic (exact) mass is 300 g/mol. The first kappa shape index (κ1) is 14.9. The zero-order valence-electron chi connectivity index (χ0n) is 9.37. The van der Waals surface area contributed by atoms with Crippen LogP contribution in [-0.4, -0.2) is 17.3 Å². The number of benzene rings is 1. The summed E-state index contributed by atoms with van der Waals surface area (Å²) in [7, 11) is 0. The highest BCUT2D eigenvalue weighted by molar-refractivity contribution is 7.80. The van der Waals surface area contributed by atoms with E-state index in [0.29, 0.717) is 21.3 Å². The van der Waals surface area contributed by atoms with Crippen molar-refractivity contribution in [2.75, 3.05) is 6.54 Å². The molecule has 0 spiro atoms. The SMILES string of the molecule is N#CCC(=O)NCC(=S)Cc1cc(Cl)cc(Cl)c1. The van der Waals surface area contributed by atoms with E-state index in [9.17, 15) is 4.79 Å². The predicted molar refractivity (Wildman–Crippen MR) is 76.0 cm³/mol. The number of carbonyl (C=O) groups is 1. The molecular formula is C12H10Cl2N2OS. The standard InChI is InChI=1S/C12H10Cl2N2OS/c13-9-3-8(4-10(14)6-9)5-11(18)7-16-12(17)1-2-15/h3-4,6H,1,5,7H2,(H,16,17). The molecular weight excluding hydrogens is 291 g/mol. The van der Waals surface area contributed by atoms with Gasteiger partial charge in [-0.3, -0.25) is 4.79 Å². The molecule has 0 saturated carbocycles. The summed E-state index contributed by atoms with van der Waals surface area (Å²) in [4.78, 5) is 11.7. The molecule has 0 aromatic heterocycles. The van der Waals surface area contributed by atoms with Crippen molar-refractivity contribution in [3.63, 3.8) is 0 Å². The Hall–Kier alpha value is -1.15. The number of nitriles is 1. The molecule has 3 nitrogen and oxygen atoms in total. The molecule has 0 fully saturated rings. The Kier molecular flexibility index (Phi) is 6.06. The first-order valence-corrected chi connectivity index (χ1v) is 6.28. The first-order valence-electron chi connectivity index (χ1n) is 5.11. The van der Waals surface area contributed by atoms with Crippen LogP contribution >= 0.6 is 35.4 Å². The number of amides is 1. The van der Waals surface area contributed by atoms with Gasteiger partial charge < -0.3 is 5.32 Å². The fraction of sp³-hybridized carbons (Fsp3) is 0.250. The van der Waals surface area contributed by atoms with Gasteiger partial charge in [-0.2, -0.15) is 5.26 Å². The van der Waals surface area contributed by atoms with Crippen LogP contribution in [0.5, 0.6) is 0 Å². The zero-order chi connectivity index (χ0) is 13.5. The topological polar surface area (TPSA) is 52.9 Å². The van der Waals surface area contributed by atoms with E-state index >= 15 is 0 Å². The highest BCUT2D eigenvalue weighted by atomic mass is 35.5. The Morgan fingerprint density at radius 3 is 2.50 bits per heavy atom. The van der Waals surface area contributed by atoms with Crippen molar-refractivity contribution in [3.05, 3.63) is 33.8 Å². The minimum Gasteiger partial charge on any atom is -0.351 e. The summed E-state index contributed by atoms with van der Waals surface area (Å²) in [5, 5.41) is 12.0. The molecule has 1 aromatic carbocycles. The van der Waals surface area contributed by atoms with Crippen LogP contribution in [0, 0.1) is 11.3 Å². The molecule has 0 atom stereocenters. The summed E-state index contributed by atoms with van der Waals surface area (Å²) < 4.78 is 0. The number of carbonyl (C=O) groups excluding carboxylic acids is 1.